The van der Waals surface area contributed by atoms with Gasteiger partial charge in [-0.05, 0) is 132 Å². The molecule has 7 aromatic carbocycles. The number of para-hydroxylation sites is 1. The topological polar surface area (TPSA) is 211 Å². The monoisotopic (exact) mass is 1850 g/mol. The molecule has 0 atom stereocenters. The molecule has 16 aromatic rings. The first kappa shape index (κ1) is 86.2. The maximum absolute atomic E-state index is 13.1. The van der Waals surface area contributed by atoms with E-state index in [2.05, 4.69) is 116 Å². The van der Waals surface area contributed by atoms with Gasteiger partial charge in [0.05, 0.1) is 11.3 Å². The third kappa shape index (κ3) is 23.3. The molecule has 0 amide bonds. The molecular weight excluding hydrogens is 1780 g/mol. The molecule has 0 spiro atoms. The number of rotatable bonds is 10. The molecule has 9 heterocycles. The largest absolute Gasteiger partial charge is 0.522 e. The van der Waals surface area contributed by atoms with Crippen molar-refractivity contribution in [3.05, 3.63) is 332 Å². The molecule has 0 aliphatic carbocycles. The van der Waals surface area contributed by atoms with Gasteiger partial charge in [-0.25, -0.2) is 18.7 Å². The van der Waals surface area contributed by atoms with Crippen LogP contribution in [0.3, 0.4) is 0 Å². The molecule has 2 radical (unpaired) electrons. The van der Waals surface area contributed by atoms with E-state index in [4.69, 9.17) is 32.0 Å². The minimum atomic E-state index is -5.84. The van der Waals surface area contributed by atoms with E-state index in [0.29, 0.717) is 11.4 Å². The Morgan fingerprint density at radius 1 is 0.400 bits per heavy atom. The molecule has 14 nitrogen and oxygen atoms in total. The summed E-state index contributed by atoms with van der Waals surface area (Å²) in [4.78, 5) is 31.0. The van der Waals surface area contributed by atoms with Gasteiger partial charge in [-0.2, -0.15) is 21.6 Å². The zero-order valence-electron chi connectivity index (χ0n) is 60.6. The SMILES string of the molecule is CCc1c[c-]c(-c2ccccn2)cc1.CCc1c[c-]c(-c2ccccn2)cc1.CCc1c[c-]c(-c2ccccn2)cc1.CO.CO.Cc1ccc2c(n1)oc1c(-c3ccc(-c4ccc(F)cc4)cn3)[c-]ccc12.Cc1ccc2c(n1)oc1c(-c3ccc(-c4ccc(F)cc4)cn3)cccc12.O=S(=O)(O)C(F)(F)F.[Ir].[Ir]. The molecule has 0 fully saturated rings. The van der Waals surface area contributed by atoms with Crippen LogP contribution >= 0.6 is 0 Å². The maximum Gasteiger partial charge on any atom is 0.522 e. The quantitative estimate of drug-likeness (QED) is 0.0503. The summed E-state index contributed by atoms with van der Waals surface area (Å²) in [5.74, 6) is -0.498. The summed E-state index contributed by atoms with van der Waals surface area (Å²) in [6.07, 6.45) is 12.1. The minimum absolute atomic E-state index is 0. The van der Waals surface area contributed by atoms with E-state index in [1.165, 1.54) is 41.0 Å². The molecule has 0 bridgehead atoms. The van der Waals surface area contributed by atoms with E-state index in [1.54, 1.807) is 55.2 Å². The van der Waals surface area contributed by atoms with Crippen molar-refractivity contribution in [3.63, 3.8) is 0 Å². The van der Waals surface area contributed by atoms with E-state index in [9.17, 15) is 22.0 Å². The van der Waals surface area contributed by atoms with Crippen LogP contribution in [-0.4, -0.2) is 77.8 Å². The van der Waals surface area contributed by atoms with Gasteiger partial charge in [0.1, 0.15) is 17.2 Å². The van der Waals surface area contributed by atoms with Crippen molar-refractivity contribution < 1.29 is 94.2 Å². The molecule has 9 aromatic heterocycles. The van der Waals surface area contributed by atoms with Crippen LogP contribution in [0, 0.1) is 49.7 Å². The van der Waals surface area contributed by atoms with E-state index in [0.717, 1.165) is 156 Å². The first-order valence-electron chi connectivity index (χ1n) is 34.0. The van der Waals surface area contributed by atoms with Crippen LogP contribution in [0.2, 0.25) is 0 Å². The zero-order valence-corrected chi connectivity index (χ0v) is 66.2. The summed E-state index contributed by atoms with van der Waals surface area (Å²) < 4.78 is 95.9. The summed E-state index contributed by atoms with van der Waals surface area (Å²) in [7, 11) is -3.84. The number of hydrogen-bond acceptors (Lipinski definition) is 13. The van der Waals surface area contributed by atoms with Crippen LogP contribution in [0.5, 0.6) is 0 Å². The third-order valence-corrected chi connectivity index (χ3v) is 16.9. The van der Waals surface area contributed by atoms with Crippen molar-refractivity contribution in [2.24, 2.45) is 0 Å². The second-order valence-electron chi connectivity index (χ2n) is 23.4. The number of fused-ring (bicyclic) bond motifs is 6. The van der Waals surface area contributed by atoms with Crippen LogP contribution in [0.25, 0.3) is 123 Å². The number of pyridine rings is 7. The Bertz CT molecular complexity index is 5190. The number of aliphatic hydroxyl groups is 2. The number of benzene rings is 7. The van der Waals surface area contributed by atoms with Gasteiger partial charge in [0.15, 0.2) is 0 Å². The maximum atomic E-state index is 13.1. The number of halogens is 5. The summed E-state index contributed by atoms with van der Waals surface area (Å²) in [5.41, 5.74) is 16.1. The van der Waals surface area contributed by atoms with Crippen LogP contribution in [-0.2, 0) is 69.6 Å². The molecule has 16 rings (SSSR count). The van der Waals surface area contributed by atoms with E-state index in [-0.39, 0.29) is 51.8 Å². The number of furan rings is 2. The predicted molar refractivity (Wildman–Crippen MR) is 416 cm³/mol. The Morgan fingerprint density at radius 2 is 0.782 bits per heavy atom. The molecule has 0 aliphatic heterocycles. The number of alkyl halides is 3. The summed E-state index contributed by atoms with van der Waals surface area (Å²) in [6.45, 7) is 10.3. The van der Waals surface area contributed by atoms with Crippen molar-refractivity contribution >= 4 is 54.3 Å². The van der Waals surface area contributed by atoms with Crippen LogP contribution in [0.15, 0.2) is 276 Å². The molecule has 0 saturated carbocycles. The number of aliphatic hydroxyl groups excluding tert-OH is 2. The minimum Gasteiger partial charge on any atom is -0.486 e. The number of aryl methyl sites for hydroxylation is 5. The second-order valence-corrected chi connectivity index (χ2v) is 24.8. The van der Waals surface area contributed by atoms with Gasteiger partial charge >= 0.3 is 15.6 Å². The molecule has 110 heavy (non-hydrogen) atoms. The fourth-order valence-electron chi connectivity index (χ4n) is 10.7. The second kappa shape index (κ2) is 42.1. The van der Waals surface area contributed by atoms with E-state index < -0.39 is 15.6 Å². The first-order chi connectivity index (χ1) is 52.3. The number of aromatic nitrogens is 7. The van der Waals surface area contributed by atoms with Crippen molar-refractivity contribution in [1.82, 2.24) is 34.9 Å². The summed E-state index contributed by atoms with van der Waals surface area (Å²) in [5, 5.41) is 18.0. The van der Waals surface area contributed by atoms with Crippen molar-refractivity contribution in [1.29, 1.82) is 0 Å². The predicted octanol–water partition coefficient (Wildman–Crippen LogP) is 21.1. The zero-order chi connectivity index (χ0) is 77.2. The molecule has 3 N–H and O–H groups in total. The number of nitrogens with zero attached hydrogens (tertiary/aromatic N) is 7. The van der Waals surface area contributed by atoms with Gasteiger partial charge < -0.3 is 39.0 Å². The van der Waals surface area contributed by atoms with Crippen molar-refractivity contribution in [3.8, 4) is 78.5 Å². The van der Waals surface area contributed by atoms with E-state index in [1.807, 2.05) is 166 Å². The fourth-order valence-corrected chi connectivity index (χ4v) is 10.7. The van der Waals surface area contributed by atoms with Gasteiger partial charge in [-0.1, -0.05) is 142 Å². The van der Waals surface area contributed by atoms with Gasteiger partial charge in [0.25, 0.3) is 0 Å². The van der Waals surface area contributed by atoms with Gasteiger partial charge in [-0.3, -0.25) is 9.54 Å². The molecule has 22 heteroatoms. The average molecular weight is 1850 g/mol. The normalized spacial score (nSPS) is 10.5. The molecule has 0 unspecified atom stereocenters. The van der Waals surface area contributed by atoms with Gasteiger partial charge in [-0.15, -0.1) is 124 Å². The summed E-state index contributed by atoms with van der Waals surface area (Å²) >= 11 is 0. The first-order valence-corrected chi connectivity index (χ1v) is 35.4. The molecule has 0 saturated heterocycles. The molecular formula is C88H74F5Ir2N7O7S-4. The number of hydrogen-bond donors (Lipinski definition) is 3. The van der Waals surface area contributed by atoms with Gasteiger partial charge in [0, 0.05) is 124 Å². The Morgan fingerprint density at radius 3 is 1.13 bits per heavy atom. The molecule has 566 valence electrons. The van der Waals surface area contributed by atoms with Gasteiger partial charge in [0.2, 0.25) is 11.4 Å². The Kier molecular flexibility index (Phi) is 33.0. The smallest absolute Gasteiger partial charge is 0.486 e. The van der Waals surface area contributed by atoms with E-state index >= 15 is 0 Å². The Labute approximate surface area is 662 Å². The summed E-state index contributed by atoms with van der Waals surface area (Å²) in [6, 6.07) is 87.9. The fraction of sp³-hybridized carbons (Fsp3) is 0.125. The van der Waals surface area contributed by atoms with Crippen molar-refractivity contribution in [2.75, 3.05) is 14.2 Å². The Hall–Kier alpha value is -11.0. The Balaban J connectivity index is 0.000000189. The van der Waals surface area contributed by atoms with Crippen molar-refractivity contribution in [2.45, 2.75) is 59.4 Å². The molecule has 0 aliphatic rings. The van der Waals surface area contributed by atoms with Crippen LogP contribution in [0.4, 0.5) is 22.0 Å². The third-order valence-electron chi connectivity index (χ3n) is 16.3. The average Bonchev–Trinajstić information content (AvgIpc) is 1.62. The van der Waals surface area contributed by atoms with Crippen LogP contribution < -0.4 is 0 Å². The van der Waals surface area contributed by atoms with Crippen LogP contribution in [0.1, 0.15) is 48.8 Å². The standard InChI is InChI=1S/C23H15FN2O.C23H14FN2O.3C13H12N.CHF3O3S.2CH4O.2Ir/c2*1-14-5-11-19-18-3-2-4-20(22(18)27-23(19)26-14)21-12-8-16(13-25-21)15-6-9-17(24)10-7-15;3*1-2-11-6-8-12(9-7-11)13-5-3-4-10-14-13;2-1(3,4)8(5,6)7;2*1-2;;/h2-13H,1H3;2-3,5-13H,1H3;3*3-8,10H,2H2,1H3;(H,5,6,7);2*2H,1H3;;/q;4*-1;;;;;.